The minimum atomic E-state index is -1.93. The zero-order chi connectivity index (χ0) is 25.5. The molecule has 0 fully saturated rings. The van der Waals surface area contributed by atoms with Crippen LogP contribution in [-0.2, 0) is 34.7 Å². The van der Waals surface area contributed by atoms with Crippen LogP contribution < -0.4 is 10.9 Å². The number of carbonyl (C=O) groups is 1. The van der Waals surface area contributed by atoms with Crippen molar-refractivity contribution in [3.05, 3.63) is 61.7 Å². The van der Waals surface area contributed by atoms with Crippen LogP contribution in [0.1, 0.15) is 59.2 Å². The molecule has 10 heteroatoms. The second kappa shape index (κ2) is 7.89. The number of carbonyl (C=O) groups excluding carboxylic acids is 1. The lowest BCUT2D eigenvalue weighted by atomic mass is 9.81. The average Bonchev–Trinajstić information content (AvgIpc) is 3.24. The number of pyridine rings is 2. The Hall–Kier alpha value is -3.21. The first-order valence-electron chi connectivity index (χ1n) is 11.9. The van der Waals surface area contributed by atoms with Crippen LogP contribution in [0.4, 0.5) is 4.39 Å². The summed E-state index contributed by atoms with van der Waals surface area (Å²) >= 11 is 5.26. The smallest absolute Gasteiger partial charge is 0.343 e. The van der Waals surface area contributed by atoms with E-state index < -0.39 is 11.6 Å². The average molecular weight is 510 g/mol. The number of halogens is 1. The predicted molar refractivity (Wildman–Crippen MR) is 133 cm³/mol. The highest BCUT2D eigenvalue weighted by Crippen LogP contribution is 2.45. The van der Waals surface area contributed by atoms with Gasteiger partial charge in [0.2, 0.25) is 0 Å². The number of ether oxygens (including phenoxy) is 1. The molecule has 0 saturated carbocycles. The monoisotopic (exact) mass is 509 g/mol. The van der Waals surface area contributed by atoms with Gasteiger partial charge in [-0.2, -0.15) is 0 Å². The first-order valence-corrected chi connectivity index (χ1v) is 12.3. The van der Waals surface area contributed by atoms with Crippen molar-refractivity contribution in [3.63, 3.8) is 0 Å². The third-order valence-corrected chi connectivity index (χ3v) is 8.10. The summed E-state index contributed by atoms with van der Waals surface area (Å²) in [5.41, 5.74) is 2.76. The SMILES string of the molecule is CC[C@@]1(O)C(=O)OCc2c1cc1n(c2=O)Cc2c-1nc1cc(F)c(C)c3c1c2[C@@H](NC(=S)CO)CC3. The van der Waals surface area contributed by atoms with Gasteiger partial charge in [0.15, 0.2) is 5.60 Å². The number of hydrogen-bond acceptors (Lipinski definition) is 7. The van der Waals surface area contributed by atoms with Crippen molar-refractivity contribution in [1.82, 2.24) is 14.9 Å². The molecule has 0 bridgehead atoms. The Labute approximate surface area is 210 Å². The summed E-state index contributed by atoms with van der Waals surface area (Å²) in [5.74, 6) is -1.14. The standard InChI is InChI=1S/C26H24FN3O5S/c1-3-26(34)15-6-19-23-13(8-30(19)24(32)14(15)10-35-25(26)33)22-17(28-20(36)9-31)5-4-12-11(2)16(27)7-18(29-23)21(12)22/h6-7,17,31,34H,3-5,8-10H2,1-2H3,(H,28,36)/t17-,26-/m0/s1. The molecule has 1 aliphatic carbocycles. The molecular formula is C26H24FN3O5S. The summed E-state index contributed by atoms with van der Waals surface area (Å²) in [6.07, 6.45) is 1.29. The molecule has 186 valence electrons. The Balaban J connectivity index is 1.66. The quantitative estimate of drug-likeness (QED) is 0.285. The third kappa shape index (κ3) is 2.98. The van der Waals surface area contributed by atoms with Gasteiger partial charge in [-0.3, -0.25) is 4.79 Å². The molecule has 0 spiro atoms. The lowest BCUT2D eigenvalue weighted by Gasteiger charge is -2.31. The molecule has 0 amide bonds. The van der Waals surface area contributed by atoms with Gasteiger partial charge in [-0.15, -0.1) is 0 Å². The fourth-order valence-electron chi connectivity index (χ4n) is 5.94. The first-order chi connectivity index (χ1) is 17.2. The van der Waals surface area contributed by atoms with Gasteiger partial charge in [0.1, 0.15) is 17.4 Å². The maximum Gasteiger partial charge on any atom is 0.343 e. The number of esters is 1. The van der Waals surface area contributed by atoms with Crippen LogP contribution in [0.3, 0.4) is 0 Å². The Morgan fingerprint density at radius 1 is 1.33 bits per heavy atom. The second-order valence-corrected chi connectivity index (χ2v) is 10.1. The molecule has 2 atom stereocenters. The molecule has 6 rings (SSSR count). The van der Waals surface area contributed by atoms with Crippen molar-refractivity contribution in [3.8, 4) is 11.4 Å². The minimum absolute atomic E-state index is 0.0451. The molecule has 3 aliphatic rings. The van der Waals surface area contributed by atoms with Crippen LogP contribution in [-0.4, -0.2) is 37.3 Å². The molecule has 8 nitrogen and oxygen atoms in total. The lowest BCUT2D eigenvalue weighted by Crippen LogP contribution is -2.44. The fourth-order valence-corrected chi connectivity index (χ4v) is 6.08. The van der Waals surface area contributed by atoms with E-state index in [4.69, 9.17) is 21.9 Å². The number of aryl methyl sites for hydroxylation is 1. The van der Waals surface area contributed by atoms with Gasteiger partial charge in [0.05, 0.1) is 41.7 Å². The van der Waals surface area contributed by atoms with Gasteiger partial charge >= 0.3 is 5.97 Å². The van der Waals surface area contributed by atoms with E-state index in [9.17, 15) is 24.2 Å². The van der Waals surface area contributed by atoms with Crippen molar-refractivity contribution < 1.29 is 24.1 Å². The number of hydrogen-bond donors (Lipinski definition) is 3. The molecule has 2 aromatic heterocycles. The summed E-state index contributed by atoms with van der Waals surface area (Å²) in [6, 6.07) is 2.80. The predicted octanol–water partition coefficient (Wildman–Crippen LogP) is 2.42. The fraction of sp³-hybridized carbons (Fsp3) is 0.385. The summed E-state index contributed by atoms with van der Waals surface area (Å²) in [6.45, 7) is 3.12. The summed E-state index contributed by atoms with van der Waals surface area (Å²) in [5, 5.41) is 24.7. The molecule has 0 saturated heterocycles. The van der Waals surface area contributed by atoms with Crippen LogP contribution >= 0.6 is 12.2 Å². The van der Waals surface area contributed by atoms with Crippen molar-refractivity contribution in [1.29, 1.82) is 0 Å². The van der Waals surface area contributed by atoms with E-state index >= 15 is 0 Å². The molecule has 2 aliphatic heterocycles. The Morgan fingerprint density at radius 3 is 2.83 bits per heavy atom. The zero-order valence-corrected chi connectivity index (χ0v) is 20.6. The zero-order valence-electron chi connectivity index (χ0n) is 19.8. The van der Waals surface area contributed by atoms with Crippen LogP contribution in [0, 0.1) is 12.7 Å². The summed E-state index contributed by atoms with van der Waals surface area (Å²) < 4.78 is 21.6. The normalized spacial score (nSPS) is 21.6. The van der Waals surface area contributed by atoms with Crippen molar-refractivity contribution in [2.75, 3.05) is 6.61 Å². The Morgan fingerprint density at radius 2 is 2.11 bits per heavy atom. The number of rotatable bonds is 3. The van der Waals surface area contributed by atoms with E-state index in [0.29, 0.717) is 40.3 Å². The number of benzene rings is 1. The van der Waals surface area contributed by atoms with Gasteiger partial charge in [-0.1, -0.05) is 19.1 Å². The number of aromatic nitrogens is 2. The van der Waals surface area contributed by atoms with Crippen LogP contribution in [0.25, 0.3) is 22.3 Å². The van der Waals surface area contributed by atoms with Gasteiger partial charge in [0, 0.05) is 22.6 Å². The second-order valence-electron chi connectivity index (χ2n) is 9.63. The van der Waals surface area contributed by atoms with Crippen LogP contribution in [0.2, 0.25) is 0 Å². The van der Waals surface area contributed by atoms with Crippen LogP contribution in [0.5, 0.6) is 0 Å². The molecule has 36 heavy (non-hydrogen) atoms. The van der Waals surface area contributed by atoms with Crippen LogP contribution in [0.15, 0.2) is 16.9 Å². The highest BCUT2D eigenvalue weighted by atomic mass is 32.1. The van der Waals surface area contributed by atoms with Gasteiger partial charge < -0.3 is 24.8 Å². The number of cyclic esters (lactones) is 1. The third-order valence-electron chi connectivity index (χ3n) is 7.86. The lowest BCUT2D eigenvalue weighted by molar-refractivity contribution is -0.172. The number of nitrogens with zero attached hydrogens (tertiary/aromatic N) is 2. The Kier molecular flexibility index (Phi) is 5.09. The molecule has 3 N–H and O–H groups in total. The van der Waals surface area contributed by atoms with Crippen molar-refractivity contribution in [2.45, 2.75) is 57.9 Å². The molecular weight excluding hydrogens is 485 g/mol. The molecule has 4 heterocycles. The van der Waals surface area contributed by atoms with E-state index in [1.165, 1.54) is 6.07 Å². The maximum atomic E-state index is 14.9. The van der Waals surface area contributed by atoms with Crippen molar-refractivity contribution in [2.24, 2.45) is 0 Å². The minimum Gasteiger partial charge on any atom is -0.458 e. The van der Waals surface area contributed by atoms with E-state index in [-0.39, 0.29) is 54.7 Å². The Bertz CT molecular complexity index is 1580. The number of aliphatic hydroxyl groups is 2. The van der Waals surface area contributed by atoms with E-state index in [1.54, 1.807) is 24.5 Å². The molecule has 0 radical (unpaired) electrons. The van der Waals surface area contributed by atoms with Gasteiger partial charge in [-0.05, 0) is 48.9 Å². The highest BCUT2D eigenvalue weighted by molar-refractivity contribution is 7.80. The summed E-state index contributed by atoms with van der Waals surface area (Å²) in [7, 11) is 0. The molecule has 3 aromatic rings. The topological polar surface area (TPSA) is 114 Å². The van der Waals surface area contributed by atoms with Crippen molar-refractivity contribution >= 4 is 34.1 Å². The molecule has 1 aromatic carbocycles. The van der Waals surface area contributed by atoms with E-state index in [1.807, 2.05) is 0 Å². The number of fused-ring (bicyclic) bond motifs is 5. The summed E-state index contributed by atoms with van der Waals surface area (Å²) in [4.78, 5) is 31.1. The number of thiocarbonyl (C=S) groups is 1. The number of nitrogens with one attached hydrogen (secondary N) is 1. The van der Waals surface area contributed by atoms with E-state index in [0.717, 1.165) is 22.1 Å². The molecule has 0 unspecified atom stereocenters. The first kappa shape index (κ1) is 23.2. The van der Waals surface area contributed by atoms with E-state index in [2.05, 4.69) is 5.32 Å². The van der Waals surface area contributed by atoms with Gasteiger partial charge in [0.25, 0.3) is 5.56 Å². The number of aliphatic hydroxyl groups excluding tert-OH is 1. The van der Waals surface area contributed by atoms with Gasteiger partial charge in [-0.25, -0.2) is 14.2 Å². The maximum absolute atomic E-state index is 14.9. The highest BCUT2D eigenvalue weighted by Gasteiger charge is 2.46. The largest absolute Gasteiger partial charge is 0.458 e.